The molecule has 0 unspecified atom stereocenters. The summed E-state index contributed by atoms with van der Waals surface area (Å²) in [5.74, 6) is -0.797. The molecule has 28 heavy (non-hydrogen) atoms. The normalized spacial score (nSPS) is 15.8. The first kappa shape index (κ1) is 19.2. The number of aromatic carboxylic acids is 1. The van der Waals surface area contributed by atoms with Crippen molar-refractivity contribution in [2.24, 2.45) is 5.41 Å². The summed E-state index contributed by atoms with van der Waals surface area (Å²) in [5.41, 5.74) is 4.01. The van der Waals surface area contributed by atoms with Crippen LogP contribution in [0.25, 0.3) is 21.2 Å². The Morgan fingerprint density at radius 1 is 1.18 bits per heavy atom. The van der Waals surface area contributed by atoms with E-state index in [2.05, 4.69) is 63.2 Å². The molecule has 1 aromatic heterocycles. The lowest BCUT2D eigenvalue weighted by Gasteiger charge is -2.29. The molecule has 3 nitrogen and oxygen atoms in total. The second-order valence-electron chi connectivity index (χ2n) is 8.95. The highest BCUT2D eigenvalue weighted by Crippen LogP contribution is 2.46. The van der Waals surface area contributed by atoms with E-state index >= 15 is 0 Å². The molecule has 0 bridgehead atoms. The molecule has 0 spiro atoms. The molecule has 4 rings (SSSR count). The Morgan fingerprint density at radius 3 is 2.50 bits per heavy atom. The van der Waals surface area contributed by atoms with Gasteiger partial charge in [0.2, 0.25) is 0 Å². The Balaban J connectivity index is 1.97. The monoisotopic (exact) mass is 393 g/mol. The predicted molar refractivity (Wildman–Crippen MR) is 117 cm³/mol. The summed E-state index contributed by atoms with van der Waals surface area (Å²) in [6, 6.07) is 12.7. The van der Waals surface area contributed by atoms with Gasteiger partial charge in [0.15, 0.2) is 0 Å². The first-order chi connectivity index (χ1) is 13.2. The van der Waals surface area contributed by atoms with E-state index in [1.165, 1.54) is 15.8 Å². The molecule has 146 valence electrons. The van der Waals surface area contributed by atoms with E-state index in [0.29, 0.717) is 5.56 Å². The largest absolute Gasteiger partial charge is 0.478 e. The fourth-order valence-corrected chi connectivity index (χ4v) is 5.67. The fraction of sp³-hybridized carbons (Fsp3) is 0.375. The Labute approximate surface area is 170 Å². The lowest BCUT2D eigenvalue weighted by molar-refractivity contribution is 0.0696. The number of benzene rings is 2. The number of aryl methyl sites for hydroxylation is 1. The summed E-state index contributed by atoms with van der Waals surface area (Å²) < 4.78 is 0. The van der Waals surface area contributed by atoms with Gasteiger partial charge in [-0.3, -0.25) is 0 Å². The van der Waals surface area contributed by atoms with Gasteiger partial charge in [-0.1, -0.05) is 38.1 Å². The van der Waals surface area contributed by atoms with Gasteiger partial charge >= 0.3 is 5.97 Å². The molecule has 0 saturated heterocycles. The third-order valence-corrected chi connectivity index (χ3v) is 7.02. The SMILES string of the molecule is CN(C)Cc1cc2ccccc2cc1-c1sc2c(c1C(=O)O)CC(C)(C)CC2. The first-order valence-corrected chi connectivity index (χ1v) is 10.6. The number of carbonyl (C=O) groups is 1. The zero-order valence-electron chi connectivity index (χ0n) is 17.0. The molecule has 1 aliphatic carbocycles. The molecule has 3 aromatic rings. The van der Waals surface area contributed by atoms with Gasteiger partial charge in [0, 0.05) is 16.3 Å². The minimum atomic E-state index is -0.797. The third kappa shape index (κ3) is 3.47. The predicted octanol–water partition coefficient (Wildman–Crippen LogP) is 5.84. The van der Waals surface area contributed by atoms with Crippen LogP contribution in [0, 0.1) is 5.41 Å². The average molecular weight is 394 g/mol. The van der Waals surface area contributed by atoms with E-state index in [1.807, 2.05) is 6.07 Å². The minimum absolute atomic E-state index is 0.158. The summed E-state index contributed by atoms with van der Waals surface area (Å²) in [4.78, 5) is 16.7. The van der Waals surface area contributed by atoms with Crippen LogP contribution in [0.3, 0.4) is 0 Å². The van der Waals surface area contributed by atoms with E-state index < -0.39 is 5.97 Å². The average Bonchev–Trinajstić information content (AvgIpc) is 2.98. The van der Waals surface area contributed by atoms with Gasteiger partial charge in [-0.25, -0.2) is 4.79 Å². The summed E-state index contributed by atoms with van der Waals surface area (Å²) in [6.45, 7) is 5.27. The van der Waals surface area contributed by atoms with E-state index in [9.17, 15) is 9.90 Å². The number of carboxylic acid groups (broad SMARTS) is 1. The van der Waals surface area contributed by atoms with Gasteiger partial charge in [0.25, 0.3) is 0 Å². The molecule has 1 N–H and O–H groups in total. The van der Waals surface area contributed by atoms with Crippen LogP contribution in [-0.4, -0.2) is 30.1 Å². The van der Waals surface area contributed by atoms with Crippen LogP contribution in [0.2, 0.25) is 0 Å². The van der Waals surface area contributed by atoms with Crippen molar-refractivity contribution in [3.05, 3.63) is 58.0 Å². The number of hydrogen-bond donors (Lipinski definition) is 1. The highest BCUT2D eigenvalue weighted by molar-refractivity contribution is 7.16. The molecule has 1 aliphatic rings. The van der Waals surface area contributed by atoms with Crippen LogP contribution in [-0.2, 0) is 19.4 Å². The topological polar surface area (TPSA) is 40.5 Å². The van der Waals surface area contributed by atoms with Gasteiger partial charge in [0.05, 0.1) is 5.56 Å². The number of fused-ring (bicyclic) bond motifs is 2. The zero-order chi connectivity index (χ0) is 20.1. The Morgan fingerprint density at radius 2 is 1.86 bits per heavy atom. The van der Waals surface area contributed by atoms with Crippen LogP contribution in [0.15, 0.2) is 36.4 Å². The van der Waals surface area contributed by atoms with Crippen molar-refractivity contribution < 1.29 is 9.90 Å². The number of carboxylic acids is 1. The van der Waals surface area contributed by atoms with Gasteiger partial charge in [-0.15, -0.1) is 11.3 Å². The van der Waals surface area contributed by atoms with E-state index in [1.54, 1.807) is 11.3 Å². The second kappa shape index (κ2) is 7.02. The van der Waals surface area contributed by atoms with E-state index in [0.717, 1.165) is 47.2 Å². The van der Waals surface area contributed by atoms with Gasteiger partial charge in [0.1, 0.15) is 0 Å². The number of thiophene rings is 1. The van der Waals surface area contributed by atoms with Crippen molar-refractivity contribution in [1.29, 1.82) is 0 Å². The number of nitrogens with zero attached hydrogens (tertiary/aromatic N) is 1. The van der Waals surface area contributed by atoms with Crippen molar-refractivity contribution in [1.82, 2.24) is 4.90 Å². The van der Waals surface area contributed by atoms with Crippen LogP contribution < -0.4 is 0 Å². The molecule has 1 heterocycles. The van der Waals surface area contributed by atoms with Crippen molar-refractivity contribution in [3.8, 4) is 10.4 Å². The highest BCUT2D eigenvalue weighted by Gasteiger charge is 2.33. The van der Waals surface area contributed by atoms with Crippen molar-refractivity contribution in [2.45, 2.75) is 39.7 Å². The minimum Gasteiger partial charge on any atom is -0.478 e. The number of hydrogen-bond acceptors (Lipinski definition) is 3. The molecule has 2 aromatic carbocycles. The Hall–Kier alpha value is -2.17. The molecule has 0 radical (unpaired) electrons. The molecule has 0 fully saturated rings. The maximum atomic E-state index is 12.3. The Kier molecular flexibility index (Phi) is 4.80. The molecular formula is C24H27NO2S. The molecule has 0 aliphatic heterocycles. The molecular weight excluding hydrogens is 366 g/mol. The highest BCUT2D eigenvalue weighted by atomic mass is 32.1. The van der Waals surface area contributed by atoms with Crippen molar-refractivity contribution >= 4 is 28.1 Å². The zero-order valence-corrected chi connectivity index (χ0v) is 17.8. The lowest BCUT2D eigenvalue weighted by atomic mass is 9.76. The molecule has 0 amide bonds. The van der Waals surface area contributed by atoms with Gasteiger partial charge < -0.3 is 10.0 Å². The maximum Gasteiger partial charge on any atom is 0.337 e. The van der Waals surface area contributed by atoms with Crippen LogP contribution >= 0.6 is 11.3 Å². The van der Waals surface area contributed by atoms with Gasteiger partial charge in [-0.05, 0) is 78.4 Å². The molecule has 0 saturated carbocycles. The quantitative estimate of drug-likeness (QED) is 0.605. The van der Waals surface area contributed by atoms with Crippen molar-refractivity contribution in [2.75, 3.05) is 14.1 Å². The summed E-state index contributed by atoms with van der Waals surface area (Å²) in [6.07, 6.45) is 2.93. The van der Waals surface area contributed by atoms with Crippen LogP contribution in [0.4, 0.5) is 0 Å². The lowest BCUT2D eigenvalue weighted by Crippen LogP contribution is -2.22. The third-order valence-electron chi connectivity index (χ3n) is 5.69. The number of rotatable bonds is 4. The maximum absolute atomic E-state index is 12.3. The van der Waals surface area contributed by atoms with Crippen LogP contribution in [0.1, 0.15) is 46.6 Å². The summed E-state index contributed by atoms with van der Waals surface area (Å²) >= 11 is 1.69. The fourth-order valence-electron chi connectivity index (χ4n) is 4.31. The first-order valence-electron chi connectivity index (χ1n) is 9.80. The summed E-state index contributed by atoms with van der Waals surface area (Å²) in [5, 5.41) is 12.5. The second-order valence-corrected chi connectivity index (χ2v) is 10.1. The standard InChI is InChI=1S/C24H27NO2S/c1-24(2)10-9-20-19(13-24)21(23(26)27)22(28-20)18-12-16-8-6-5-7-15(16)11-17(18)14-25(3)4/h5-8,11-12H,9-10,13-14H2,1-4H3,(H,26,27). The van der Waals surface area contributed by atoms with Crippen LogP contribution in [0.5, 0.6) is 0 Å². The Bertz CT molecular complexity index is 1060. The molecule has 4 heteroatoms. The smallest absolute Gasteiger partial charge is 0.337 e. The van der Waals surface area contributed by atoms with Gasteiger partial charge in [-0.2, -0.15) is 0 Å². The summed E-state index contributed by atoms with van der Waals surface area (Å²) in [7, 11) is 4.11. The van der Waals surface area contributed by atoms with E-state index in [-0.39, 0.29) is 5.41 Å². The molecule has 0 atom stereocenters. The van der Waals surface area contributed by atoms with Crippen molar-refractivity contribution in [3.63, 3.8) is 0 Å². The van der Waals surface area contributed by atoms with E-state index in [4.69, 9.17) is 0 Å².